The molecule has 72 valence electrons. The van der Waals surface area contributed by atoms with Crippen molar-refractivity contribution in [2.45, 2.75) is 6.04 Å². The summed E-state index contributed by atoms with van der Waals surface area (Å²) in [6.07, 6.45) is 0. The molecule has 2 atom stereocenters. The van der Waals surface area contributed by atoms with Crippen molar-refractivity contribution in [2.24, 2.45) is 5.92 Å². The van der Waals surface area contributed by atoms with Gasteiger partial charge < -0.3 is 22.9 Å². The van der Waals surface area contributed by atoms with Gasteiger partial charge in [-0.3, -0.25) is 0 Å². The average Bonchev–Trinajstić information content (AvgIpc) is 2.03. The summed E-state index contributed by atoms with van der Waals surface area (Å²) in [5.41, 5.74) is 6.95. The van der Waals surface area contributed by atoms with Crippen molar-refractivity contribution in [1.82, 2.24) is 0 Å². The summed E-state index contributed by atoms with van der Waals surface area (Å²) in [4.78, 5) is 0. The fraction of sp³-hybridized carbons (Fsp3) is 0.800. The second-order valence-corrected chi connectivity index (χ2v) is 18.4. The third-order valence-corrected chi connectivity index (χ3v) is 1.00. The molecule has 0 spiro atoms. The van der Waals surface area contributed by atoms with Gasteiger partial charge in [0.05, 0.1) is 0 Å². The normalized spacial score (nSPS) is 15.1. The molecule has 0 aliphatic carbocycles. The van der Waals surface area contributed by atoms with Gasteiger partial charge in [0.2, 0.25) is 0 Å². The van der Waals surface area contributed by atoms with Crippen LogP contribution in [-0.2, 0) is 11.2 Å². The van der Waals surface area contributed by atoms with E-state index in [4.69, 9.17) is 15.9 Å². The third kappa shape index (κ3) is 12.0. The van der Waals surface area contributed by atoms with Crippen LogP contribution < -0.4 is 0 Å². The Labute approximate surface area is 96.7 Å². The quantitative estimate of drug-likeness (QED) is 0.404. The minimum atomic E-state index is -0.639. The van der Waals surface area contributed by atoms with Gasteiger partial charge in [0.1, 0.15) is 0 Å². The molecule has 2 unspecified atom stereocenters. The van der Waals surface area contributed by atoms with Crippen LogP contribution in [-0.4, -0.2) is 29.5 Å². The van der Waals surface area contributed by atoms with Crippen molar-refractivity contribution in [3.8, 4) is 0 Å². The molecule has 0 aliphatic heterocycles. The summed E-state index contributed by atoms with van der Waals surface area (Å²) < 4.78 is 0. The monoisotopic (exact) mass is 566 g/mol. The van der Waals surface area contributed by atoms with Crippen LogP contribution in [0.15, 0.2) is 0 Å². The van der Waals surface area contributed by atoms with Crippen LogP contribution >= 0.6 is 38.7 Å². The number of halogens is 2. The molecule has 3 nitrogen and oxygen atoms in total. The zero-order chi connectivity index (χ0) is 9.28. The SMILES string of the molecule is [CH2-]C(CO)C([NH-])CO.[I][Pt+2][I]. The van der Waals surface area contributed by atoms with Crippen LogP contribution in [0.25, 0.3) is 5.73 Å². The number of hydrogen-bond donors (Lipinski definition) is 2. The topological polar surface area (TPSA) is 64.3 Å². The fourth-order valence-electron chi connectivity index (χ4n) is 0.276. The van der Waals surface area contributed by atoms with E-state index in [0.717, 1.165) is 0 Å². The molecule has 6 heteroatoms. The summed E-state index contributed by atoms with van der Waals surface area (Å²) in [5.74, 6) is -0.361. The van der Waals surface area contributed by atoms with E-state index in [1.807, 2.05) is 0 Å². The van der Waals surface area contributed by atoms with Gasteiger partial charge in [0.15, 0.2) is 0 Å². The Hall–Kier alpha value is 2.03. The first-order valence-corrected chi connectivity index (χ1v) is 15.6. The second kappa shape index (κ2) is 12.0. The molecule has 0 fully saturated rings. The van der Waals surface area contributed by atoms with Crippen molar-refractivity contribution in [3.05, 3.63) is 12.7 Å². The standard InChI is InChI=1S/C5H11NO2.2HI.Pt/c1-4(2-7)5(6)3-8;;;/h4-8H,1-3H2;2*1H;/q-2;;;+4/p-2. The van der Waals surface area contributed by atoms with Gasteiger partial charge in [-0.2, -0.15) is 5.92 Å². The van der Waals surface area contributed by atoms with Gasteiger partial charge in [-0.25, -0.2) is 0 Å². The van der Waals surface area contributed by atoms with Crippen molar-refractivity contribution in [3.63, 3.8) is 0 Å². The van der Waals surface area contributed by atoms with E-state index >= 15 is 0 Å². The molecule has 0 aromatic rings. The van der Waals surface area contributed by atoms with Crippen LogP contribution in [0.3, 0.4) is 0 Å². The van der Waals surface area contributed by atoms with E-state index in [1.165, 1.54) is 0 Å². The number of aliphatic hydroxyl groups is 2. The Morgan fingerprint density at radius 3 is 1.82 bits per heavy atom. The molecule has 0 saturated carbocycles. The van der Waals surface area contributed by atoms with Gasteiger partial charge in [-0.1, -0.05) is 0 Å². The molecule has 0 aromatic carbocycles. The van der Waals surface area contributed by atoms with Gasteiger partial charge in [0.25, 0.3) is 0 Å². The first-order chi connectivity index (χ1) is 5.13. The summed E-state index contributed by atoms with van der Waals surface area (Å²) in [6.45, 7) is 3.07. The van der Waals surface area contributed by atoms with E-state index in [2.05, 4.69) is 45.6 Å². The Balaban J connectivity index is 0. The first-order valence-electron chi connectivity index (χ1n) is 2.72. The Bertz CT molecular complexity index is 71.5. The molecule has 0 aliphatic rings. The number of aliphatic hydroxyl groups excluding tert-OH is 2. The van der Waals surface area contributed by atoms with Crippen molar-refractivity contribution >= 4 is 38.7 Å². The minimum absolute atomic E-state index is 0.130. The molecule has 0 radical (unpaired) electrons. The first kappa shape index (κ1) is 15.5. The molecule has 0 heterocycles. The van der Waals surface area contributed by atoms with E-state index in [9.17, 15) is 0 Å². The van der Waals surface area contributed by atoms with Gasteiger partial charge in [-0.05, 0) is 0 Å². The maximum absolute atomic E-state index is 8.34. The molecule has 0 aromatic heterocycles. The summed E-state index contributed by atoms with van der Waals surface area (Å²) in [7, 11) is 0. The van der Waals surface area contributed by atoms with Crippen LogP contribution in [0.4, 0.5) is 0 Å². The molecular weight excluding hydrogens is 555 g/mol. The number of hydrogen-bond acceptors (Lipinski definition) is 2. The Kier molecular flexibility index (Phi) is 16.9. The summed E-state index contributed by atoms with van der Waals surface area (Å²) in [5, 5.41) is 16.6. The van der Waals surface area contributed by atoms with Crippen LogP contribution in [0, 0.1) is 12.8 Å². The average molecular weight is 566 g/mol. The molecule has 0 amide bonds. The van der Waals surface area contributed by atoms with Crippen LogP contribution in [0.2, 0.25) is 0 Å². The molecule has 0 saturated heterocycles. The maximum atomic E-state index is 8.34. The zero-order valence-corrected chi connectivity index (χ0v) is 12.3. The van der Waals surface area contributed by atoms with E-state index < -0.39 is 6.04 Å². The van der Waals surface area contributed by atoms with E-state index in [1.54, 1.807) is 0 Å². The fourth-order valence-corrected chi connectivity index (χ4v) is 0.276. The molecule has 0 bridgehead atoms. The van der Waals surface area contributed by atoms with Crippen molar-refractivity contribution in [2.75, 3.05) is 13.2 Å². The van der Waals surface area contributed by atoms with E-state index in [0.29, 0.717) is 11.2 Å². The predicted molar refractivity (Wildman–Crippen MR) is 59.2 cm³/mol. The van der Waals surface area contributed by atoms with Crippen molar-refractivity contribution in [1.29, 1.82) is 0 Å². The Morgan fingerprint density at radius 2 is 1.73 bits per heavy atom. The molecule has 0 rings (SSSR count). The van der Waals surface area contributed by atoms with Gasteiger partial charge >= 0.3 is 49.9 Å². The number of rotatable bonds is 3. The zero-order valence-electron chi connectivity index (χ0n) is 5.74. The Morgan fingerprint density at radius 1 is 1.36 bits per heavy atom. The summed E-state index contributed by atoms with van der Waals surface area (Å²) >= 11 is 5.30. The van der Waals surface area contributed by atoms with Crippen LogP contribution in [0.5, 0.6) is 0 Å². The van der Waals surface area contributed by atoms with Crippen molar-refractivity contribution < 1.29 is 21.4 Å². The second-order valence-electron chi connectivity index (χ2n) is 1.78. The molecule has 3 N–H and O–H groups in total. The molecular formula is C5H11I2NO2Pt. The van der Waals surface area contributed by atoms with Crippen LogP contribution in [0.1, 0.15) is 0 Å². The summed E-state index contributed by atoms with van der Waals surface area (Å²) in [6, 6.07) is -0.639. The third-order valence-electron chi connectivity index (χ3n) is 1.00. The molecule has 11 heavy (non-hydrogen) atoms. The van der Waals surface area contributed by atoms with Gasteiger partial charge in [-0.15, -0.1) is 6.04 Å². The van der Waals surface area contributed by atoms with Gasteiger partial charge in [0, 0.05) is 13.2 Å². The van der Waals surface area contributed by atoms with E-state index in [-0.39, 0.29) is 19.1 Å². The number of nitrogens with one attached hydrogen (secondary N) is 1. The predicted octanol–water partition coefficient (Wildman–Crippen LogP) is 1.61.